The molecule has 0 saturated heterocycles. The van der Waals surface area contributed by atoms with Crippen molar-refractivity contribution in [1.82, 2.24) is 9.97 Å². The van der Waals surface area contributed by atoms with E-state index in [1.54, 1.807) is 11.3 Å². The molecule has 3 aromatic rings. The van der Waals surface area contributed by atoms with Gasteiger partial charge in [-0.25, -0.2) is 4.98 Å². The van der Waals surface area contributed by atoms with Crippen LogP contribution in [0.25, 0.3) is 10.2 Å². The van der Waals surface area contributed by atoms with E-state index in [4.69, 9.17) is 0 Å². The molecule has 0 radical (unpaired) electrons. The molecule has 0 amide bonds. The van der Waals surface area contributed by atoms with Crippen LogP contribution in [0.15, 0.2) is 53.0 Å². The number of rotatable bonds is 4. The van der Waals surface area contributed by atoms with E-state index in [0.717, 1.165) is 27.7 Å². The highest BCUT2D eigenvalue weighted by atomic mass is 32.2. The fourth-order valence-corrected chi connectivity index (χ4v) is 3.80. The maximum atomic E-state index is 4.60. The highest BCUT2D eigenvalue weighted by molar-refractivity contribution is 8.01. The molecule has 0 aliphatic carbocycles. The molecule has 2 nitrogen and oxygen atoms in total. The number of hydrogen-bond acceptors (Lipinski definition) is 4. The Labute approximate surface area is 114 Å². The van der Waals surface area contributed by atoms with Gasteiger partial charge in [-0.1, -0.05) is 30.0 Å². The van der Waals surface area contributed by atoms with E-state index in [2.05, 4.69) is 34.2 Å². The van der Waals surface area contributed by atoms with Crippen LogP contribution in [0.2, 0.25) is 0 Å². The maximum Gasteiger partial charge on any atom is 0.151 e. The first-order chi connectivity index (χ1) is 8.92. The van der Waals surface area contributed by atoms with Crippen molar-refractivity contribution in [1.29, 1.82) is 0 Å². The normalized spacial score (nSPS) is 10.9. The van der Waals surface area contributed by atoms with E-state index >= 15 is 0 Å². The number of aromatic nitrogens is 2. The lowest BCUT2D eigenvalue weighted by Crippen LogP contribution is -1.90. The number of nitrogens with zero attached hydrogens (tertiary/aromatic N) is 2. The second-order valence-electron chi connectivity index (χ2n) is 3.87. The van der Waals surface area contributed by atoms with E-state index in [-0.39, 0.29) is 0 Å². The molecule has 0 atom stereocenters. The van der Waals surface area contributed by atoms with Gasteiger partial charge in [-0.05, 0) is 30.7 Å². The highest BCUT2D eigenvalue weighted by Crippen LogP contribution is 2.29. The Kier molecular flexibility index (Phi) is 3.57. The molecule has 4 heteroatoms. The van der Waals surface area contributed by atoms with Gasteiger partial charge in [-0.2, -0.15) is 0 Å². The summed E-state index contributed by atoms with van der Waals surface area (Å²) in [6.07, 6.45) is 2.83. The molecule has 0 bridgehead atoms. The van der Waals surface area contributed by atoms with Gasteiger partial charge >= 0.3 is 0 Å². The number of aryl methyl sites for hydroxylation is 1. The van der Waals surface area contributed by atoms with Crippen LogP contribution in [0.5, 0.6) is 0 Å². The molecule has 1 aromatic carbocycles. The summed E-state index contributed by atoms with van der Waals surface area (Å²) in [6.45, 7) is 0. The summed E-state index contributed by atoms with van der Waals surface area (Å²) >= 11 is 3.57. The van der Waals surface area contributed by atoms with Crippen LogP contribution in [0, 0.1) is 0 Å². The van der Waals surface area contributed by atoms with Crippen LogP contribution in [0.1, 0.15) is 5.69 Å². The van der Waals surface area contributed by atoms with Crippen molar-refractivity contribution in [3.05, 3.63) is 54.4 Å². The van der Waals surface area contributed by atoms with Crippen LogP contribution in [0.3, 0.4) is 0 Å². The van der Waals surface area contributed by atoms with Gasteiger partial charge in [-0.15, -0.1) is 11.3 Å². The highest BCUT2D eigenvalue weighted by Gasteiger charge is 2.03. The topological polar surface area (TPSA) is 25.8 Å². The molecule has 2 heterocycles. The number of thioether (sulfide) groups is 1. The molecule has 0 spiro atoms. The van der Waals surface area contributed by atoms with Gasteiger partial charge in [0.05, 0.1) is 10.2 Å². The van der Waals surface area contributed by atoms with Crippen molar-refractivity contribution >= 4 is 33.3 Å². The Morgan fingerprint density at radius 1 is 1.06 bits per heavy atom. The summed E-state index contributed by atoms with van der Waals surface area (Å²) < 4.78 is 2.41. The number of thiazole rings is 1. The molecule has 0 unspecified atom stereocenters. The molecular formula is C14H12N2S2. The molecule has 18 heavy (non-hydrogen) atoms. The Morgan fingerprint density at radius 2 is 1.94 bits per heavy atom. The minimum Gasteiger partial charge on any atom is -0.261 e. The van der Waals surface area contributed by atoms with E-state index in [9.17, 15) is 0 Å². The lowest BCUT2D eigenvalue weighted by Gasteiger charge is -1.97. The molecule has 3 rings (SSSR count). The van der Waals surface area contributed by atoms with Crippen LogP contribution >= 0.6 is 23.1 Å². The van der Waals surface area contributed by atoms with E-state index in [0.29, 0.717) is 0 Å². The predicted octanol–water partition coefficient (Wildman–Crippen LogP) is 4.03. The molecule has 0 aliphatic heterocycles. The number of benzene rings is 1. The second-order valence-corrected chi connectivity index (χ2v) is 6.24. The lowest BCUT2D eigenvalue weighted by atomic mass is 10.3. The number of para-hydroxylation sites is 1. The average molecular weight is 272 g/mol. The van der Waals surface area contributed by atoms with Crippen molar-refractivity contribution in [3.63, 3.8) is 0 Å². The second kappa shape index (κ2) is 5.50. The van der Waals surface area contributed by atoms with E-state index < -0.39 is 0 Å². The fraction of sp³-hybridized carbons (Fsp3) is 0.143. The van der Waals surface area contributed by atoms with Gasteiger partial charge in [0.2, 0.25) is 0 Å². The van der Waals surface area contributed by atoms with Crippen LogP contribution in [-0.2, 0) is 6.42 Å². The monoisotopic (exact) mass is 272 g/mol. The summed E-state index contributed by atoms with van der Waals surface area (Å²) in [5.74, 6) is 1.02. The zero-order valence-electron chi connectivity index (χ0n) is 9.74. The maximum absolute atomic E-state index is 4.60. The summed E-state index contributed by atoms with van der Waals surface area (Å²) in [6, 6.07) is 14.3. The van der Waals surface area contributed by atoms with Gasteiger partial charge in [0.15, 0.2) is 4.34 Å². The van der Waals surface area contributed by atoms with Gasteiger partial charge in [0, 0.05) is 17.6 Å². The molecule has 0 fully saturated rings. The van der Waals surface area contributed by atoms with Crippen molar-refractivity contribution < 1.29 is 0 Å². The number of pyridine rings is 1. The fourth-order valence-electron chi connectivity index (χ4n) is 1.70. The summed E-state index contributed by atoms with van der Waals surface area (Å²) in [5, 5.41) is 0. The minimum absolute atomic E-state index is 0.988. The van der Waals surface area contributed by atoms with Gasteiger partial charge in [0.1, 0.15) is 0 Å². The first-order valence-electron chi connectivity index (χ1n) is 5.80. The number of fused-ring (bicyclic) bond motifs is 1. The first-order valence-corrected chi connectivity index (χ1v) is 7.60. The summed E-state index contributed by atoms with van der Waals surface area (Å²) in [5.41, 5.74) is 2.24. The van der Waals surface area contributed by atoms with Gasteiger partial charge in [-0.3, -0.25) is 4.98 Å². The van der Waals surface area contributed by atoms with Gasteiger partial charge in [0.25, 0.3) is 0 Å². The summed E-state index contributed by atoms with van der Waals surface area (Å²) in [7, 11) is 0. The SMILES string of the molecule is c1ccc(CCSc2nc3ccccc3s2)nc1. The third-order valence-corrected chi connectivity index (χ3v) is 4.77. The molecule has 0 saturated carbocycles. The first kappa shape index (κ1) is 11.7. The molecule has 2 aromatic heterocycles. The third-order valence-electron chi connectivity index (χ3n) is 2.58. The van der Waals surface area contributed by atoms with Gasteiger partial charge < -0.3 is 0 Å². The van der Waals surface area contributed by atoms with E-state index in [1.165, 1.54) is 4.70 Å². The van der Waals surface area contributed by atoms with Crippen LogP contribution in [0.4, 0.5) is 0 Å². The van der Waals surface area contributed by atoms with Crippen molar-refractivity contribution in [2.75, 3.05) is 5.75 Å². The Morgan fingerprint density at radius 3 is 2.78 bits per heavy atom. The minimum atomic E-state index is 0.988. The van der Waals surface area contributed by atoms with Crippen LogP contribution < -0.4 is 0 Å². The lowest BCUT2D eigenvalue weighted by molar-refractivity contribution is 1.04. The largest absolute Gasteiger partial charge is 0.261 e. The van der Waals surface area contributed by atoms with Crippen molar-refractivity contribution in [2.24, 2.45) is 0 Å². The quantitative estimate of drug-likeness (QED) is 0.671. The Hall–Kier alpha value is -1.39. The Bertz CT molecular complexity index is 601. The molecular weight excluding hydrogens is 260 g/mol. The average Bonchev–Trinajstić information content (AvgIpc) is 2.82. The number of hydrogen-bond donors (Lipinski definition) is 0. The van der Waals surface area contributed by atoms with Crippen molar-refractivity contribution in [3.8, 4) is 0 Å². The smallest absolute Gasteiger partial charge is 0.151 e. The zero-order chi connectivity index (χ0) is 12.2. The molecule has 0 aliphatic rings. The van der Waals surface area contributed by atoms with Crippen molar-refractivity contribution in [2.45, 2.75) is 10.8 Å². The zero-order valence-corrected chi connectivity index (χ0v) is 11.4. The van der Waals surface area contributed by atoms with Crippen LogP contribution in [-0.4, -0.2) is 15.7 Å². The van der Waals surface area contributed by atoms with E-state index in [1.807, 2.05) is 36.2 Å². The standard InChI is InChI=1S/C14H12N2S2/c1-2-7-13-12(6-1)16-14(18-13)17-10-8-11-5-3-4-9-15-11/h1-7,9H,8,10H2. The third kappa shape index (κ3) is 2.71. The molecule has 0 N–H and O–H groups in total. The molecule has 90 valence electrons. The summed E-state index contributed by atoms with van der Waals surface area (Å²) in [4.78, 5) is 8.93. The Balaban J connectivity index is 1.63. The predicted molar refractivity (Wildman–Crippen MR) is 78.3 cm³/mol.